The molecule has 0 saturated carbocycles. The van der Waals surface area contributed by atoms with Crippen LogP contribution in [-0.2, 0) is 0 Å². The second kappa shape index (κ2) is 5.78. The molecular weight excluding hydrogens is 252 g/mol. The van der Waals surface area contributed by atoms with Crippen LogP contribution in [0, 0.1) is 6.92 Å². The van der Waals surface area contributed by atoms with Crippen LogP contribution < -0.4 is 9.47 Å². The van der Waals surface area contributed by atoms with Crippen molar-refractivity contribution in [1.29, 1.82) is 0 Å². The molecule has 0 amide bonds. The van der Waals surface area contributed by atoms with Crippen LogP contribution in [0.25, 0.3) is 11.1 Å². The normalized spacial score (nSPS) is 10.2. The second-order valence-corrected chi connectivity index (χ2v) is 4.68. The van der Waals surface area contributed by atoms with Crippen molar-refractivity contribution in [3.63, 3.8) is 0 Å². The average Bonchev–Trinajstić information content (AvgIpc) is 2.46. The van der Waals surface area contributed by atoms with E-state index in [1.54, 1.807) is 27.2 Å². The number of Topliss-reactive ketones (excluding diaryl/α,β-unsaturated/α-hetero) is 1. The van der Waals surface area contributed by atoms with Crippen molar-refractivity contribution in [2.24, 2.45) is 0 Å². The van der Waals surface area contributed by atoms with Crippen molar-refractivity contribution < 1.29 is 14.3 Å². The smallest absolute Gasteiger partial charge is 0.168 e. The minimum atomic E-state index is -0.000635. The van der Waals surface area contributed by atoms with Gasteiger partial charge in [-0.2, -0.15) is 0 Å². The van der Waals surface area contributed by atoms with Gasteiger partial charge in [0.15, 0.2) is 17.3 Å². The van der Waals surface area contributed by atoms with E-state index >= 15 is 0 Å². The van der Waals surface area contributed by atoms with Crippen LogP contribution in [0.4, 0.5) is 0 Å². The van der Waals surface area contributed by atoms with Crippen LogP contribution in [0.2, 0.25) is 0 Å². The van der Waals surface area contributed by atoms with Crippen molar-refractivity contribution in [2.75, 3.05) is 14.2 Å². The summed E-state index contributed by atoms with van der Waals surface area (Å²) in [6.07, 6.45) is 0. The van der Waals surface area contributed by atoms with Gasteiger partial charge in [0.2, 0.25) is 0 Å². The molecule has 0 unspecified atom stereocenters. The molecule has 0 radical (unpaired) electrons. The molecule has 0 spiro atoms. The number of methoxy groups -OCH3 is 2. The Kier molecular flexibility index (Phi) is 4.08. The highest BCUT2D eigenvalue weighted by Gasteiger charge is 2.15. The van der Waals surface area contributed by atoms with Crippen LogP contribution in [0.1, 0.15) is 22.8 Å². The lowest BCUT2D eigenvalue weighted by Gasteiger charge is -2.14. The van der Waals surface area contributed by atoms with Crippen LogP contribution in [-0.4, -0.2) is 20.0 Å². The van der Waals surface area contributed by atoms with E-state index in [0.29, 0.717) is 17.1 Å². The number of benzene rings is 2. The van der Waals surface area contributed by atoms with Crippen molar-refractivity contribution >= 4 is 5.78 Å². The zero-order valence-corrected chi connectivity index (χ0v) is 12.2. The molecule has 0 aliphatic heterocycles. The topological polar surface area (TPSA) is 35.5 Å². The van der Waals surface area contributed by atoms with E-state index < -0.39 is 0 Å². The van der Waals surface area contributed by atoms with E-state index in [9.17, 15) is 4.79 Å². The first-order valence-electron chi connectivity index (χ1n) is 6.40. The van der Waals surface area contributed by atoms with E-state index in [2.05, 4.69) is 0 Å². The van der Waals surface area contributed by atoms with E-state index in [-0.39, 0.29) is 5.78 Å². The molecule has 3 nitrogen and oxygen atoms in total. The number of carbonyl (C=O) groups is 1. The van der Waals surface area contributed by atoms with E-state index in [4.69, 9.17) is 9.47 Å². The molecule has 2 aromatic rings. The molecule has 2 aromatic carbocycles. The fourth-order valence-corrected chi connectivity index (χ4v) is 2.12. The zero-order chi connectivity index (χ0) is 14.7. The number of ether oxygens (including phenoxy) is 2. The summed E-state index contributed by atoms with van der Waals surface area (Å²) in [6.45, 7) is 3.58. The van der Waals surface area contributed by atoms with Crippen molar-refractivity contribution in [3.05, 3.63) is 47.5 Å². The molecule has 0 fully saturated rings. The van der Waals surface area contributed by atoms with Gasteiger partial charge in [0, 0.05) is 11.1 Å². The first-order valence-corrected chi connectivity index (χ1v) is 6.40. The molecule has 0 N–H and O–H groups in total. The van der Waals surface area contributed by atoms with Gasteiger partial charge in [-0.15, -0.1) is 0 Å². The van der Waals surface area contributed by atoms with Crippen molar-refractivity contribution in [1.82, 2.24) is 0 Å². The molecule has 20 heavy (non-hydrogen) atoms. The number of carbonyl (C=O) groups excluding carboxylic acids is 1. The summed E-state index contributed by atoms with van der Waals surface area (Å²) in [7, 11) is 3.17. The quantitative estimate of drug-likeness (QED) is 0.791. The van der Waals surface area contributed by atoms with Crippen LogP contribution in [0.5, 0.6) is 11.5 Å². The van der Waals surface area contributed by atoms with Gasteiger partial charge in [-0.3, -0.25) is 4.79 Å². The predicted octanol–water partition coefficient (Wildman–Crippen LogP) is 3.88. The van der Waals surface area contributed by atoms with Gasteiger partial charge in [0.25, 0.3) is 0 Å². The van der Waals surface area contributed by atoms with Crippen LogP contribution in [0.15, 0.2) is 36.4 Å². The Morgan fingerprint density at radius 2 is 1.65 bits per heavy atom. The maximum atomic E-state index is 11.7. The predicted molar refractivity (Wildman–Crippen MR) is 79.7 cm³/mol. The minimum absolute atomic E-state index is 0.000635. The Labute approximate surface area is 119 Å². The largest absolute Gasteiger partial charge is 0.493 e. The molecule has 0 aliphatic rings. The highest BCUT2D eigenvalue weighted by molar-refractivity contribution is 5.97. The third-order valence-corrected chi connectivity index (χ3v) is 3.25. The first kappa shape index (κ1) is 14.1. The highest BCUT2D eigenvalue weighted by atomic mass is 16.5. The monoisotopic (exact) mass is 270 g/mol. The summed E-state index contributed by atoms with van der Waals surface area (Å²) in [4.78, 5) is 11.7. The number of aryl methyl sites for hydroxylation is 1. The second-order valence-electron chi connectivity index (χ2n) is 4.68. The third-order valence-electron chi connectivity index (χ3n) is 3.25. The standard InChI is InChI=1S/C17H18O3/c1-11-5-7-13(8-6-11)15-9-14(12(2)18)10-16(19-3)17(15)20-4/h5-10H,1-4H3. The Hall–Kier alpha value is -2.29. The zero-order valence-electron chi connectivity index (χ0n) is 12.2. The molecule has 0 atom stereocenters. The first-order chi connectivity index (χ1) is 9.56. The van der Waals surface area contributed by atoms with Crippen molar-refractivity contribution in [3.8, 4) is 22.6 Å². The Balaban J connectivity index is 2.68. The maximum Gasteiger partial charge on any atom is 0.168 e. The van der Waals surface area contributed by atoms with E-state index in [0.717, 1.165) is 11.1 Å². The molecule has 0 aliphatic carbocycles. The van der Waals surface area contributed by atoms with Gasteiger partial charge in [-0.05, 0) is 31.5 Å². The Bertz CT molecular complexity index is 627. The minimum Gasteiger partial charge on any atom is -0.493 e. The molecule has 0 saturated heterocycles. The Morgan fingerprint density at radius 3 is 2.15 bits per heavy atom. The SMILES string of the molecule is COc1cc(C(C)=O)cc(-c2ccc(C)cc2)c1OC. The number of hydrogen-bond acceptors (Lipinski definition) is 3. The van der Waals surface area contributed by atoms with Gasteiger partial charge < -0.3 is 9.47 Å². The molecule has 3 heteroatoms. The fourth-order valence-electron chi connectivity index (χ4n) is 2.12. The van der Waals surface area contributed by atoms with Gasteiger partial charge in [-0.25, -0.2) is 0 Å². The number of rotatable bonds is 4. The lowest BCUT2D eigenvalue weighted by Crippen LogP contribution is -1.99. The summed E-state index contributed by atoms with van der Waals surface area (Å²) in [5.74, 6) is 1.21. The lowest BCUT2D eigenvalue weighted by molar-refractivity contribution is 0.101. The third kappa shape index (κ3) is 2.67. The molecule has 0 bridgehead atoms. The van der Waals surface area contributed by atoms with Crippen LogP contribution >= 0.6 is 0 Å². The van der Waals surface area contributed by atoms with Crippen LogP contribution in [0.3, 0.4) is 0 Å². The summed E-state index contributed by atoms with van der Waals surface area (Å²) >= 11 is 0. The molecule has 0 aromatic heterocycles. The maximum absolute atomic E-state index is 11.7. The average molecular weight is 270 g/mol. The molecular formula is C17H18O3. The van der Waals surface area contributed by atoms with E-state index in [1.807, 2.05) is 37.3 Å². The molecule has 2 rings (SSSR count). The number of ketones is 1. The summed E-state index contributed by atoms with van der Waals surface area (Å²) in [5, 5.41) is 0. The Morgan fingerprint density at radius 1 is 1.00 bits per heavy atom. The van der Waals surface area contributed by atoms with Gasteiger partial charge in [-0.1, -0.05) is 29.8 Å². The summed E-state index contributed by atoms with van der Waals surface area (Å²) in [6, 6.07) is 11.6. The lowest BCUT2D eigenvalue weighted by atomic mass is 9.99. The van der Waals surface area contributed by atoms with Gasteiger partial charge in [0.05, 0.1) is 14.2 Å². The highest BCUT2D eigenvalue weighted by Crippen LogP contribution is 2.39. The molecule has 104 valence electrons. The van der Waals surface area contributed by atoms with E-state index in [1.165, 1.54) is 5.56 Å². The molecule has 0 heterocycles. The van der Waals surface area contributed by atoms with Gasteiger partial charge >= 0.3 is 0 Å². The van der Waals surface area contributed by atoms with Gasteiger partial charge in [0.1, 0.15) is 0 Å². The van der Waals surface area contributed by atoms with Crippen molar-refractivity contribution in [2.45, 2.75) is 13.8 Å². The fraction of sp³-hybridized carbons (Fsp3) is 0.235. The number of hydrogen-bond donors (Lipinski definition) is 0. The summed E-state index contributed by atoms with van der Waals surface area (Å²) < 4.78 is 10.8. The summed E-state index contributed by atoms with van der Waals surface area (Å²) in [5.41, 5.74) is 3.64.